The number of H-pyrrole nitrogens is 1. The van der Waals surface area contributed by atoms with Crippen LogP contribution in [0.1, 0.15) is 16.2 Å². The Labute approximate surface area is 93.9 Å². The SMILES string of the molecule is CN(Cc1ncc[nH]1)C(=O)c1ccccc1. The molecule has 4 nitrogen and oxygen atoms in total. The van der Waals surface area contributed by atoms with Crippen LogP contribution >= 0.6 is 0 Å². The van der Waals surface area contributed by atoms with Crippen molar-refractivity contribution >= 4 is 5.91 Å². The molecule has 1 amide bonds. The summed E-state index contributed by atoms with van der Waals surface area (Å²) >= 11 is 0. The Morgan fingerprint density at radius 2 is 2.12 bits per heavy atom. The van der Waals surface area contributed by atoms with Crippen molar-refractivity contribution in [2.45, 2.75) is 6.54 Å². The number of carbonyl (C=O) groups excluding carboxylic acids is 1. The molecule has 0 radical (unpaired) electrons. The minimum Gasteiger partial charge on any atom is -0.347 e. The molecule has 82 valence electrons. The van der Waals surface area contributed by atoms with Gasteiger partial charge in [-0.15, -0.1) is 0 Å². The second-order valence-corrected chi connectivity index (χ2v) is 3.56. The van der Waals surface area contributed by atoms with Crippen molar-refractivity contribution in [1.82, 2.24) is 14.9 Å². The van der Waals surface area contributed by atoms with E-state index in [0.29, 0.717) is 12.1 Å². The van der Waals surface area contributed by atoms with Crippen LogP contribution < -0.4 is 0 Å². The third kappa shape index (κ3) is 2.28. The zero-order chi connectivity index (χ0) is 11.4. The Hall–Kier alpha value is -2.10. The summed E-state index contributed by atoms with van der Waals surface area (Å²) in [5.74, 6) is 0.781. The Kier molecular flexibility index (Phi) is 3.00. The third-order valence-corrected chi connectivity index (χ3v) is 2.31. The van der Waals surface area contributed by atoms with E-state index in [1.165, 1.54) is 0 Å². The summed E-state index contributed by atoms with van der Waals surface area (Å²) in [5, 5.41) is 0. The molecule has 0 fully saturated rings. The van der Waals surface area contributed by atoms with Crippen molar-refractivity contribution < 1.29 is 4.79 Å². The minimum absolute atomic E-state index is 0.00278. The topological polar surface area (TPSA) is 49.0 Å². The fourth-order valence-electron chi connectivity index (χ4n) is 1.48. The summed E-state index contributed by atoms with van der Waals surface area (Å²) in [5.41, 5.74) is 0.691. The quantitative estimate of drug-likeness (QED) is 0.846. The molecule has 0 unspecified atom stereocenters. The highest BCUT2D eigenvalue weighted by Gasteiger charge is 2.11. The molecule has 0 bridgehead atoms. The lowest BCUT2D eigenvalue weighted by atomic mass is 10.2. The number of imidazole rings is 1. The molecule has 16 heavy (non-hydrogen) atoms. The highest BCUT2D eigenvalue weighted by atomic mass is 16.2. The summed E-state index contributed by atoms with van der Waals surface area (Å²) in [6.07, 6.45) is 3.42. The zero-order valence-electron chi connectivity index (χ0n) is 9.05. The smallest absolute Gasteiger partial charge is 0.253 e. The van der Waals surface area contributed by atoms with Crippen LogP contribution in [0.5, 0.6) is 0 Å². The van der Waals surface area contributed by atoms with Gasteiger partial charge in [0.1, 0.15) is 5.82 Å². The first-order valence-electron chi connectivity index (χ1n) is 5.06. The molecule has 1 N–H and O–H groups in total. The molecule has 1 aromatic carbocycles. The number of carbonyl (C=O) groups is 1. The molecule has 2 aromatic rings. The van der Waals surface area contributed by atoms with Gasteiger partial charge in [0, 0.05) is 25.0 Å². The molecular formula is C12H13N3O. The molecule has 0 aliphatic heterocycles. The molecule has 1 heterocycles. The van der Waals surface area contributed by atoms with E-state index in [0.717, 1.165) is 5.82 Å². The van der Waals surface area contributed by atoms with E-state index in [4.69, 9.17) is 0 Å². The summed E-state index contributed by atoms with van der Waals surface area (Å²) in [7, 11) is 1.76. The fourth-order valence-corrected chi connectivity index (χ4v) is 1.48. The highest BCUT2D eigenvalue weighted by molar-refractivity contribution is 5.93. The van der Waals surface area contributed by atoms with Gasteiger partial charge in [-0.25, -0.2) is 4.98 Å². The van der Waals surface area contributed by atoms with Gasteiger partial charge in [0.05, 0.1) is 6.54 Å². The monoisotopic (exact) mass is 215 g/mol. The Morgan fingerprint density at radius 3 is 2.75 bits per heavy atom. The Morgan fingerprint density at radius 1 is 1.38 bits per heavy atom. The third-order valence-electron chi connectivity index (χ3n) is 2.31. The fraction of sp³-hybridized carbons (Fsp3) is 0.167. The van der Waals surface area contributed by atoms with Gasteiger partial charge in [0.15, 0.2) is 0 Å². The predicted octanol–water partition coefficient (Wildman–Crippen LogP) is 1.68. The number of amides is 1. The summed E-state index contributed by atoms with van der Waals surface area (Å²) in [4.78, 5) is 20.6. The van der Waals surface area contributed by atoms with Gasteiger partial charge >= 0.3 is 0 Å². The Balaban J connectivity index is 2.05. The summed E-state index contributed by atoms with van der Waals surface area (Å²) < 4.78 is 0. The van der Waals surface area contributed by atoms with Gasteiger partial charge < -0.3 is 9.88 Å². The van der Waals surface area contributed by atoms with E-state index in [-0.39, 0.29) is 5.91 Å². The van der Waals surface area contributed by atoms with Crippen LogP contribution in [0, 0.1) is 0 Å². The number of nitrogens with zero attached hydrogens (tertiary/aromatic N) is 2. The number of benzene rings is 1. The van der Waals surface area contributed by atoms with Crippen LogP contribution in [0.4, 0.5) is 0 Å². The Bertz CT molecular complexity index is 450. The number of rotatable bonds is 3. The van der Waals surface area contributed by atoms with Gasteiger partial charge in [-0.2, -0.15) is 0 Å². The highest BCUT2D eigenvalue weighted by Crippen LogP contribution is 2.05. The predicted molar refractivity (Wildman–Crippen MR) is 60.8 cm³/mol. The van der Waals surface area contributed by atoms with Gasteiger partial charge in [0.25, 0.3) is 5.91 Å². The first-order chi connectivity index (χ1) is 7.77. The molecule has 0 saturated heterocycles. The molecule has 0 spiro atoms. The first kappa shape index (κ1) is 10.4. The molecule has 2 rings (SSSR count). The number of aromatic amines is 1. The lowest BCUT2D eigenvalue weighted by Crippen LogP contribution is -2.26. The van der Waals surface area contributed by atoms with Gasteiger partial charge in [-0.3, -0.25) is 4.79 Å². The first-order valence-corrected chi connectivity index (χ1v) is 5.06. The number of aromatic nitrogens is 2. The van der Waals surface area contributed by atoms with Crippen molar-refractivity contribution in [1.29, 1.82) is 0 Å². The van der Waals surface area contributed by atoms with E-state index in [1.807, 2.05) is 18.2 Å². The molecule has 0 atom stereocenters. The van der Waals surface area contributed by atoms with E-state index >= 15 is 0 Å². The number of nitrogens with one attached hydrogen (secondary N) is 1. The maximum atomic E-state index is 12.0. The maximum absolute atomic E-state index is 12.0. The van der Waals surface area contributed by atoms with Crippen LogP contribution in [0.15, 0.2) is 42.7 Å². The van der Waals surface area contributed by atoms with Crippen molar-refractivity contribution in [3.63, 3.8) is 0 Å². The van der Waals surface area contributed by atoms with Gasteiger partial charge in [-0.05, 0) is 12.1 Å². The minimum atomic E-state index is -0.00278. The summed E-state index contributed by atoms with van der Waals surface area (Å²) in [6, 6.07) is 9.22. The van der Waals surface area contributed by atoms with E-state index in [1.54, 1.807) is 36.5 Å². The van der Waals surface area contributed by atoms with Gasteiger partial charge in [-0.1, -0.05) is 18.2 Å². The largest absolute Gasteiger partial charge is 0.347 e. The molecule has 0 saturated carbocycles. The summed E-state index contributed by atoms with van der Waals surface area (Å²) in [6.45, 7) is 0.487. The van der Waals surface area contributed by atoms with Crippen molar-refractivity contribution in [3.8, 4) is 0 Å². The van der Waals surface area contributed by atoms with Crippen molar-refractivity contribution in [3.05, 3.63) is 54.1 Å². The molecule has 0 aliphatic carbocycles. The van der Waals surface area contributed by atoms with Crippen LogP contribution in [0.3, 0.4) is 0 Å². The van der Waals surface area contributed by atoms with Gasteiger partial charge in [0.2, 0.25) is 0 Å². The van der Waals surface area contributed by atoms with E-state index in [9.17, 15) is 4.79 Å². The van der Waals surface area contributed by atoms with Crippen LogP contribution in [-0.2, 0) is 6.54 Å². The second-order valence-electron chi connectivity index (χ2n) is 3.56. The van der Waals surface area contributed by atoms with E-state index in [2.05, 4.69) is 9.97 Å². The van der Waals surface area contributed by atoms with Crippen molar-refractivity contribution in [2.75, 3.05) is 7.05 Å². The lowest BCUT2D eigenvalue weighted by Gasteiger charge is -2.15. The maximum Gasteiger partial charge on any atom is 0.253 e. The number of hydrogen-bond acceptors (Lipinski definition) is 2. The zero-order valence-corrected chi connectivity index (χ0v) is 9.05. The van der Waals surface area contributed by atoms with Crippen molar-refractivity contribution in [2.24, 2.45) is 0 Å². The second kappa shape index (κ2) is 4.61. The van der Waals surface area contributed by atoms with Crippen LogP contribution in [0.25, 0.3) is 0 Å². The van der Waals surface area contributed by atoms with Crippen LogP contribution in [0.2, 0.25) is 0 Å². The average molecular weight is 215 g/mol. The number of hydrogen-bond donors (Lipinski definition) is 1. The molecule has 1 aromatic heterocycles. The average Bonchev–Trinajstić information content (AvgIpc) is 2.82. The van der Waals surface area contributed by atoms with Crippen LogP contribution in [-0.4, -0.2) is 27.8 Å². The molecular weight excluding hydrogens is 202 g/mol. The molecule has 0 aliphatic rings. The van der Waals surface area contributed by atoms with E-state index < -0.39 is 0 Å². The lowest BCUT2D eigenvalue weighted by molar-refractivity contribution is 0.0782. The normalized spacial score (nSPS) is 10.1. The standard InChI is InChI=1S/C12H13N3O/c1-15(9-11-13-7-8-14-11)12(16)10-5-3-2-4-6-10/h2-8H,9H2,1H3,(H,13,14). The molecule has 4 heteroatoms.